The number of hydrogen-bond acceptors (Lipinski definition) is 4. The van der Waals surface area contributed by atoms with Gasteiger partial charge in [0.1, 0.15) is 5.82 Å². The van der Waals surface area contributed by atoms with Crippen LogP contribution in [0.25, 0.3) is 27.7 Å². The molecule has 192 valence electrons. The quantitative estimate of drug-likeness (QED) is 0.267. The Hall–Kier alpha value is -4.27. The van der Waals surface area contributed by atoms with Gasteiger partial charge in [-0.2, -0.15) is 9.40 Å². The van der Waals surface area contributed by atoms with Crippen LogP contribution >= 0.6 is 0 Å². The first-order chi connectivity index (χ1) is 18.5. The summed E-state index contributed by atoms with van der Waals surface area (Å²) in [6, 6.07) is 33.6. The lowest BCUT2D eigenvalue weighted by Crippen LogP contribution is -2.38. The van der Waals surface area contributed by atoms with E-state index in [1.807, 2.05) is 91.9 Å². The molecule has 0 spiro atoms. The number of rotatable bonds is 9. The van der Waals surface area contributed by atoms with Crippen LogP contribution in [0.2, 0.25) is 0 Å². The second-order valence-electron chi connectivity index (χ2n) is 8.92. The molecule has 8 heteroatoms. The maximum absolute atomic E-state index is 13.6. The molecule has 0 fully saturated rings. The Morgan fingerprint density at radius 3 is 2.21 bits per heavy atom. The van der Waals surface area contributed by atoms with Crippen LogP contribution in [0.1, 0.15) is 13.3 Å². The van der Waals surface area contributed by atoms with E-state index in [9.17, 15) is 13.2 Å². The van der Waals surface area contributed by atoms with Crippen molar-refractivity contribution >= 4 is 32.5 Å². The highest BCUT2D eigenvalue weighted by Crippen LogP contribution is 2.26. The minimum atomic E-state index is -3.89. The molecular formula is C30H28N4O3S. The van der Waals surface area contributed by atoms with Gasteiger partial charge in [0.15, 0.2) is 0 Å². The predicted molar refractivity (Wildman–Crippen MR) is 151 cm³/mol. The topological polar surface area (TPSA) is 84.3 Å². The van der Waals surface area contributed by atoms with E-state index in [0.717, 1.165) is 22.0 Å². The maximum Gasteiger partial charge on any atom is 0.243 e. The van der Waals surface area contributed by atoms with Gasteiger partial charge < -0.3 is 5.32 Å². The van der Waals surface area contributed by atoms with E-state index < -0.39 is 15.9 Å². The Morgan fingerprint density at radius 1 is 0.842 bits per heavy atom. The van der Waals surface area contributed by atoms with Crippen LogP contribution in [0.4, 0.5) is 5.82 Å². The van der Waals surface area contributed by atoms with Crippen LogP contribution in [0.5, 0.6) is 0 Å². The summed E-state index contributed by atoms with van der Waals surface area (Å²) in [6.45, 7) is 1.79. The van der Waals surface area contributed by atoms with Gasteiger partial charge in [-0.3, -0.25) is 4.79 Å². The summed E-state index contributed by atoms with van der Waals surface area (Å²) in [5.74, 6) is 0.0131. The summed E-state index contributed by atoms with van der Waals surface area (Å²) >= 11 is 0. The highest BCUT2D eigenvalue weighted by molar-refractivity contribution is 7.89. The molecule has 4 aromatic carbocycles. The largest absolute Gasteiger partial charge is 0.309 e. The summed E-state index contributed by atoms with van der Waals surface area (Å²) in [5, 5.41) is 9.39. The number of carbonyl (C=O) groups is 1. The normalized spacial score (nSPS) is 11.6. The average molecular weight is 525 g/mol. The zero-order valence-electron chi connectivity index (χ0n) is 21.0. The minimum absolute atomic E-state index is 0.165. The molecule has 38 heavy (non-hydrogen) atoms. The zero-order chi connectivity index (χ0) is 26.5. The van der Waals surface area contributed by atoms with Crippen LogP contribution < -0.4 is 5.32 Å². The lowest BCUT2D eigenvalue weighted by Gasteiger charge is -2.21. The fraction of sp³-hybridized carbons (Fsp3) is 0.133. The molecule has 0 radical (unpaired) electrons. The third-order valence-electron chi connectivity index (χ3n) is 6.20. The summed E-state index contributed by atoms with van der Waals surface area (Å²) in [6.07, 6.45) is 0.570. The first kappa shape index (κ1) is 25.4. The van der Waals surface area contributed by atoms with Gasteiger partial charge in [0.2, 0.25) is 15.9 Å². The van der Waals surface area contributed by atoms with Gasteiger partial charge in [0.05, 0.1) is 22.8 Å². The molecule has 1 amide bonds. The molecule has 0 aliphatic carbocycles. The Balaban J connectivity index is 1.43. The van der Waals surface area contributed by atoms with Crippen molar-refractivity contribution in [3.05, 3.63) is 109 Å². The van der Waals surface area contributed by atoms with E-state index in [2.05, 4.69) is 5.32 Å². The number of nitrogens with zero attached hydrogens (tertiary/aromatic N) is 3. The molecule has 0 aliphatic rings. The smallest absolute Gasteiger partial charge is 0.243 e. The molecule has 0 saturated carbocycles. The molecule has 1 heterocycles. The SMILES string of the molecule is CCCN(CC(=O)Nc1cc(-c2ccccc2)nn1-c1ccccc1)S(=O)(=O)c1ccc2ccccc2c1. The van der Waals surface area contributed by atoms with Crippen molar-refractivity contribution in [3.63, 3.8) is 0 Å². The van der Waals surface area contributed by atoms with E-state index in [0.29, 0.717) is 17.9 Å². The highest BCUT2D eigenvalue weighted by Gasteiger charge is 2.27. The third kappa shape index (κ3) is 5.37. The molecule has 5 rings (SSSR count). The Morgan fingerprint density at radius 2 is 1.50 bits per heavy atom. The number of sulfonamides is 1. The van der Waals surface area contributed by atoms with Crippen molar-refractivity contribution in [1.29, 1.82) is 0 Å². The van der Waals surface area contributed by atoms with Gasteiger partial charge in [0.25, 0.3) is 0 Å². The third-order valence-corrected chi connectivity index (χ3v) is 8.04. The summed E-state index contributed by atoms with van der Waals surface area (Å²) in [4.78, 5) is 13.4. The van der Waals surface area contributed by atoms with Crippen LogP contribution in [0, 0.1) is 0 Å². The number of benzene rings is 4. The molecule has 0 aliphatic heterocycles. The van der Waals surface area contributed by atoms with Crippen LogP contribution in [0.3, 0.4) is 0 Å². The fourth-order valence-electron chi connectivity index (χ4n) is 4.34. The average Bonchev–Trinajstić information content (AvgIpc) is 3.37. The molecule has 1 aromatic heterocycles. The number of hydrogen-bond donors (Lipinski definition) is 1. The highest BCUT2D eigenvalue weighted by atomic mass is 32.2. The molecule has 0 atom stereocenters. The number of aromatic nitrogens is 2. The number of fused-ring (bicyclic) bond motifs is 1. The van der Waals surface area contributed by atoms with Gasteiger partial charge in [-0.05, 0) is 41.5 Å². The number of carbonyl (C=O) groups excluding carboxylic acids is 1. The number of anilines is 1. The number of para-hydroxylation sites is 1. The number of amides is 1. The Kier molecular flexibility index (Phi) is 7.35. The monoisotopic (exact) mass is 524 g/mol. The summed E-state index contributed by atoms with van der Waals surface area (Å²) in [7, 11) is -3.89. The van der Waals surface area contributed by atoms with Gasteiger partial charge in [-0.15, -0.1) is 0 Å². The minimum Gasteiger partial charge on any atom is -0.309 e. The Labute approximate surface area is 222 Å². The van der Waals surface area contributed by atoms with Gasteiger partial charge in [-0.25, -0.2) is 13.1 Å². The number of nitrogens with one attached hydrogen (secondary N) is 1. The lowest BCUT2D eigenvalue weighted by molar-refractivity contribution is -0.116. The van der Waals surface area contributed by atoms with Crippen LogP contribution in [0.15, 0.2) is 114 Å². The van der Waals surface area contributed by atoms with Crippen molar-refractivity contribution in [2.45, 2.75) is 18.2 Å². The summed E-state index contributed by atoms with van der Waals surface area (Å²) < 4.78 is 30.0. The summed E-state index contributed by atoms with van der Waals surface area (Å²) in [5.41, 5.74) is 2.38. The van der Waals surface area contributed by atoms with Crippen molar-refractivity contribution in [3.8, 4) is 16.9 Å². The lowest BCUT2D eigenvalue weighted by atomic mass is 10.1. The molecule has 0 bridgehead atoms. The Bertz CT molecular complexity index is 1670. The van der Waals surface area contributed by atoms with Crippen LogP contribution in [-0.4, -0.2) is 41.5 Å². The van der Waals surface area contributed by atoms with E-state index in [-0.39, 0.29) is 18.0 Å². The van der Waals surface area contributed by atoms with Crippen molar-refractivity contribution < 1.29 is 13.2 Å². The van der Waals surface area contributed by atoms with Gasteiger partial charge in [-0.1, -0.05) is 85.8 Å². The van der Waals surface area contributed by atoms with E-state index in [1.54, 1.807) is 28.9 Å². The molecule has 0 unspecified atom stereocenters. The molecule has 1 N–H and O–H groups in total. The molecular weight excluding hydrogens is 496 g/mol. The second kappa shape index (κ2) is 11.0. The first-order valence-electron chi connectivity index (χ1n) is 12.5. The van der Waals surface area contributed by atoms with Gasteiger partial charge in [0, 0.05) is 18.2 Å². The van der Waals surface area contributed by atoms with E-state index >= 15 is 0 Å². The standard InChI is InChI=1S/C30H28N4O3S/c1-2-19-33(38(36,37)27-18-17-23-11-9-10-14-25(23)20-27)22-30(35)31-29-21-28(24-12-5-3-6-13-24)32-34(29)26-15-7-4-8-16-26/h3-18,20-21H,2,19,22H2,1H3,(H,31,35). The maximum atomic E-state index is 13.6. The van der Waals surface area contributed by atoms with Gasteiger partial charge >= 0.3 is 0 Å². The molecule has 5 aromatic rings. The first-order valence-corrected chi connectivity index (χ1v) is 13.9. The fourth-order valence-corrected chi connectivity index (χ4v) is 5.86. The van der Waals surface area contributed by atoms with Crippen molar-refractivity contribution in [2.24, 2.45) is 0 Å². The van der Waals surface area contributed by atoms with Crippen LogP contribution in [-0.2, 0) is 14.8 Å². The van der Waals surface area contributed by atoms with Crippen molar-refractivity contribution in [2.75, 3.05) is 18.4 Å². The molecule has 0 saturated heterocycles. The second-order valence-corrected chi connectivity index (χ2v) is 10.9. The van der Waals surface area contributed by atoms with E-state index in [1.165, 1.54) is 4.31 Å². The van der Waals surface area contributed by atoms with E-state index in [4.69, 9.17) is 5.10 Å². The van der Waals surface area contributed by atoms with Crippen molar-refractivity contribution in [1.82, 2.24) is 14.1 Å². The predicted octanol–water partition coefficient (Wildman–Crippen LogP) is 5.73. The zero-order valence-corrected chi connectivity index (χ0v) is 21.8. The molecule has 7 nitrogen and oxygen atoms in total.